The number of benzene rings is 2. The number of aromatic amines is 4. The molecule has 0 saturated carbocycles. The highest BCUT2D eigenvalue weighted by molar-refractivity contribution is 5.79. The van der Waals surface area contributed by atoms with Gasteiger partial charge in [0.25, 0.3) is 0 Å². The van der Waals surface area contributed by atoms with E-state index < -0.39 is 0 Å². The molecule has 0 spiro atoms. The summed E-state index contributed by atoms with van der Waals surface area (Å²) in [5.74, 6) is 1.74. The number of rotatable bonds is 10. The third-order valence-corrected chi connectivity index (χ3v) is 9.79. The molecule has 52 heavy (non-hydrogen) atoms. The molecule has 8 bridgehead atoms. The SMILES string of the molecule is CCC(Oc1ccc(C2=c3ccc([nH]3)=Cc3ccc([nH]3)C(c3ccc(OC(CC)[N+](C)(C)C)cc3)=c3ccc([nH]3)=Cc3ccc2[nH]3)cc1)[N+](C)(C)C. The van der Waals surface area contributed by atoms with E-state index in [2.05, 4.69) is 185 Å². The number of hydrogen-bond donors (Lipinski definition) is 4. The molecule has 1 aliphatic heterocycles. The number of nitrogens with zero attached hydrogens (tertiary/aromatic N) is 2. The monoisotopic (exact) mass is 696 g/mol. The Morgan fingerprint density at radius 1 is 0.462 bits per heavy atom. The van der Waals surface area contributed by atoms with Gasteiger partial charge in [-0.25, -0.2) is 0 Å². The lowest BCUT2D eigenvalue weighted by Gasteiger charge is -2.33. The molecule has 268 valence electrons. The van der Waals surface area contributed by atoms with Crippen LogP contribution in [0.5, 0.6) is 11.5 Å². The Morgan fingerprint density at radius 3 is 1.19 bits per heavy atom. The molecule has 4 N–H and O–H groups in total. The van der Waals surface area contributed by atoms with Gasteiger partial charge in [-0.15, -0.1) is 0 Å². The van der Waals surface area contributed by atoms with Crippen LogP contribution in [0.3, 0.4) is 0 Å². The Morgan fingerprint density at radius 2 is 0.846 bits per heavy atom. The minimum atomic E-state index is 0.0755. The van der Waals surface area contributed by atoms with Crippen molar-refractivity contribution in [3.05, 3.63) is 152 Å². The lowest BCUT2D eigenvalue weighted by molar-refractivity contribution is -0.915. The molecule has 7 rings (SSSR count). The van der Waals surface area contributed by atoms with Crippen LogP contribution >= 0.6 is 0 Å². The number of aromatic nitrogens is 4. The van der Waals surface area contributed by atoms with Crippen molar-refractivity contribution in [3.8, 4) is 11.5 Å². The van der Waals surface area contributed by atoms with Crippen LogP contribution in [-0.4, -0.2) is 83.6 Å². The van der Waals surface area contributed by atoms with Crippen molar-refractivity contribution in [1.29, 1.82) is 0 Å². The van der Waals surface area contributed by atoms with Crippen LogP contribution in [0.2, 0.25) is 0 Å². The van der Waals surface area contributed by atoms with E-state index in [4.69, 9.17) is 9.47 Å². The average molecular weight is 697 g/mol. The first-order valence-electron chi connectivity index (χ1n) is 18.3. The van der Waals surface area contributed by atoms with E-state index in [9.17, 15) is 0 Å². The van der Waals surface area contributed by atoms with Gasteiger partial charge >= 0.3 is 0 Å². The average Bonchev–Trinajstić information content (AvgIpc) is 3.93. The molecule has 6 aromatic rings. The van der Waals surface area contributed by atoms with Gasteiger partial charge in [0.1, 0.15) is 11.5 Å². The molecule has 2 aromatic carbocycles. The Kier molecular flexibility index (Phi) is 9.38. The van der Waals surface area contributed by atoms with E-state index in [0.717, 1.165) is 99.8 Å². The molecule has 5 heterocycles. The summed E-state index contributed by atoms with van der Waals surface area (Å²) in [7, 11) is 13.0. The van der Waals surface area contributed by atoms with Crippen LogP contribution in [0.25, 0.3) is 23.3 Å². The van der Waals surface area contributed by atoms with Crippen molar-refractivity contribution in [2.45, 2.75) is 39.1 Å². The van der Waals surface area contributed by atoms with Crippen LogP contribution in [-0.2, 0) is 0 Å². The lowest BCUT2D eigenvalue weighted by Crippen LogP contribution is -2.48. The standard InChI is InChI=1S/C44H52N6O2/c1-9-41(49(3,4)5)51-35-19-11-29(12-20-35)43-37-23-15-31(45-37)27-33-17-25-39(47-33)44(40-26-18-34(48-40)28-32-16-24-38(43)46-32)30-13-21-36(22-14-30)52-42(10-2)50(6,7)8/h11-28,41-42,45-48H,9-10H2,1-8H3/q+2. The highest BCUT2D eigenvalue weighted by Gasteiger charge is 2.24. The summed E-state index contributed by atoms with van der Waals surface area (Å²) in [6.07, 6.45) is 6.31. The first-order valence-corrected chi connectivity index (χ1v) is 18.3. The van der Waals surface area contributed by atoms with Gasteiger partial charge < -0.3 is 29.4 Å². The first kappa shape index (κ1) is 35.0. The second-order valence-electron chi connectivity index (χ2n) is 15.6. The molecular weight excluding hydrogens is 645 g/mol. The summed E-state index contributed by atoms with van der Waals surface area (Å²) in [6.45, 7) is 4.33. The van der Waals surface area contributed by atoms with E-state index in [-0.39, 0.29) is 12.5 Å². The fourth-order valence-electron chi connectivity index (χ4n) is 7.11. The maximum absolute atomic E-state index is 6.41. The zero-order valence-corrected chi connectivity index (χ0v) is 31.7. The second-order valence-corrected chi connectivity index (χ2v) is 15.6. The minimum absolute atomic E-state index is 0.0755. The maximum atomic E-state index is 6.41. The molecule has 0 saturated heterocycles. The van der Waals surface area contributed by atoms with Crippen molar-refractivity contribution >= 4 is 23.3 Å². The normalized spacial score (nSPS) is 14.4. The van der Waals surface area contributed by atoms with E-state index in [1.165, 1.54) is 0 Å². The highest BCUT2D eigenvalue weighted by Crippen LogP contribution is 2.26. The molecule has 0 radical (unpaired) electrons. The van der Waals surface area contributed by atoms with Crippen LogP contribution in [0, 0.1) is 0 Å². The lowest BCUT2D eigenvalue weighted by atomic mass is 10.0. The molecule has 4 aromatic heterocycles. The summed E-state index contributed by atoms with van der Waals surface area (Å²) < 4.78 is 14.3. The van der Waals surface area contributed by atoms with Gasteiger partial charge in [-0.2, -0.15) is 0 Å². The Labute approximate surface area is 306 Å². The third-order valence-electron chi connectivity index (χ3n) is 9.79. The summed E-state index contributed by atoms with van der Waals surface area (Å²) in [5.41, 5.74) is 8.43. The molecule has 0 amide bonds. The van der Waals surface area contributed by atoms with Gasteiger partial charge in [0.2, 0.25) is 12.5 Å². The number of H-pyrrole nitrogens is 4. The van der Waals surface area contributed by atoms with Crippen molar-refractivity contribution < 1.29 is 18.4 Å². The Bertz CT molecular complexity index is 2240. The predicted octanol–water partition coefficient (Wildman–Crippen LogP) is 5.11. The predicted molar refractivity (Wildman–Crippen MR) is 210 cm³/mol. The summed E-state index contributed by atoms with van der Waals surface area (Å²) >= 11 is 0. The quantitative estimate of drug-likeness (QED) is 0.119. The van der Waals surface area contributed by atoms with Gasteiger partial charge in [0.05, 0.1) is 42.3 Å². The van der Waals surface area contributed by atoms with Gasteiger partial charge in [-0.05, 0) is 96.1 Å². The molecule has 0 fully saturated rings. The largest absolute Gasteiger partial charge is 0.443 e. The Hall–Kier alpha value is -5.44. The molecule has 8 nitrogen and oxygen atoms in total. The van der Waals surface area contributed by atoms with Crippen LogP contribution in [0.15, 0.2) is 97.1 Å². The fourth-order valence-corrected chi connectivity index (χ4v) is 7.11. The summed E-state index contributed by atoms with van der Waals surface area (Å²) in [5, 5.41) is 4.07. The van der Waals surface area contributed by atoms with E-state index in [0.29, 0.717) is 0 Å². The van der Waals surface area contributed by atoms with Gasteiger partial charge in [-0.3, -0.25) is 8.97 Å². The van der Waals surface area contributed by atoms with Crippen molar-refractivity contribution in [1.82, 2.24) is 19.9 Å². The molecular formula is C44H52N6O2+2. The van der Waals surface area contributed by atoms with Crippen molar-refractivity contribution in [2.75, 3.05) is 42.3 Å². The number of fused-ring (bicyclic) bond motifs is 8. The van der Waals surface area contributed by atoms with E-state index in [1.807, 2.05) is 0 Å². The second kappa shape index (κ2) is 13.9. The zero-order chi connectivity index (χ0) is 36.6. The number of hydrogen-bond acceptors (Lipinski definition) is 2. The van der Waals surface area contributed by atoms with Crippen molar-refractivity contribution in [2.24, 2.45) is 0 Å². The Balaban J connectivity index is 1.31. The van der Waals surface area contributed by atoms with E-state index in [1.54, 1.807) is 0 Å². The molecule has 2 atom stereocenters. The molecule has 8 heteroatoms. The zero-order valence-electron chi connectivity index (χ0n) is 31.7. The maximum Gasteiger partial charge on any atom is 0.232 e. The smallest absolute Gasteiger partial charge is 0.232 e. The number of ether oxygens (including phenoxy) is 2. The number of nitrogens with one attached hydrogen (secondary N) is 4. The molecule has 2 unspecified atom stereocenters. The third kappa shape index (κ3) is 7.45. The molecule has 0 aliphatic carbocycles. The van der Waals surface area contributed by atoms with Crippen LogP contribution < -0.4 is 30.9 Å². The van der Waals surface area contributed by atoms with Crippen molar-refractivity contribution in [3.63, 3.8) is 0 Å². The number of quaternary nitrogens is 2. The van der Waals surface area contributed by atoms with E-state index >= 15 is 0 Å². The summed E-state index contributed by atoms with van der Waals surface area (Å²) in [6, 6.07) is 34.1. The summed E-state index contributed by atoms with van der Waals surface area (Å²) in [4.78, 5) is 14.8. The molecule has 1 aliphatic rings. The topological polar surface area (TPSA) is 81.6 Å². The van der Waals surface area contributed by atoms with Gasteiger partial charge in [0, 0.05) is 68.2 Å². The highest BCUT2D eigenvalue weighted by atomic mass is 16.5. The van der Waals surface area contributed by atoms with Gasteiger partial charge in [-0.1, -0.05) is 38.1 Å². The fraction of sp³-hybridized carbons (Fsp3) is 0.273. The minimum Gasteiger partial charge on any atom is -0.443 e. The van der Waals surface area contributed by atoms with Crippen LogP contribution in [0.1, 0.15) is 60.6 Å². The van der Waals surface area contributed by atoms with Crippen LogP contribution in [0.4, 0.5) is 0 Å². The van der Waals surface area contributed by atoms with Gasteiger partial charge in [0.15, 0.2) is 0 Å². The first-order chi connectivity index (χ1) is 24.9.